The monoisotopic (exact) mass is 818 g/mol. The van der Waals surface area contributed by atoms with E-state index in [1.165, 1.54) is 0 Å². The van der Waals surface area contributed by atoms with E-state index in [4.69, 9.17) is 4.74 Å². The molecule has 0 spiro atoms. The van der Waals surface area contributed by atoms with Gasteiger partial charge in [0.1, 0.15) is 5.76 Å². The minimum absolute atomic E-state index is 0.0497. The molecule has 0 unspecified atom stereocenters. The normalized spacial score (nSPS) is 14.7. The molecule has 0 saturated carbocycles. The molecule has 0 saturated heterocycles. The van der Waals surface area contributed by atoms with E-state index in [1.54, 1.807) is 11.8 Å². The zero-order valence-electron chi connectivity index (χ0n) is 34.5. The molecule has 298 valence electrons. The van der Waals surface area contributed by atoms with Crippen LogP contribution in [0.5, 0.6) is 5.75 Å². The summed E-state index contributed by atoms with van der Waals surface area (Å²) >= 11 is 1.78. The number of ketones is 1. The molecule has 4 nitrogen and oxygen atoms in total. The van der Waals surface area contributed by atoms with E-state index < -0.39 is 5.41 Å². The fourth-order valence-electron chi connectivity index (χ4n) is 9.70. The molecular formula is C57H42N2O2S. The highest BCUT2D eigenvalue weighted by Gasteiger charge is 2.46. The predicted molar refractivity (Wildman–Crippen MR) is 254 cm³/mol. The third kappa shape index (κ3) is 5.88. The maximum atomic E-state index is 14.7. The van der Waals surface area contributed by atoms with E-state index in [-0.39, 0.29) is 5.78 Å². The first kappa shape index (κ1) is 37.6. The van der Waals surface area contributed by atoms with Crippen LogP contribution in [-0.4, -0.2) is 5.78 Å². The average Bonchev–Trinajstić information content (AvgIpc) is 3.34. The minimum Gasteiger partial charge on any atom is -0.457 e. The van der Waals surface area contributed by atoms with Crippen LogP contribution in [-0.2, 0) is 5.41 Å². The molecule has 8 aromatic carbocycles. The van der Waals surface area contributed by atoms with Crippen molar-refractivity contribution in [2.45, 2.75) is 35.5 Å². The largest absolute Gasteiger partial charge is 0.457 e. The highest BCUT2D eigenvalue weighted by Crippen LogP contribution is 2.55. The molecule has 0 amide bonds. The molecule has 0 N–H and O–H groups in total. The number of carbonyl (C=O) groups excluding carboxylic acids is 1. The van der Waals surface area contributed by atoms with Crippen molar-refractivity contribution in [3.63, 3.8) is 0 Å². The molecule has 0 fully saturated rings. The van der Waals surface area contributed by atoms with Crippen LogP contribution in [0.1, 0.15) is 58.4 Å². The second-order valence-electron chi connectivity index (χ2n) is 15.8. The van der Waals surface area contributed by atoms with Gasteiger partial charge in [0.2, 0.25) is 0 Å². The molecule has 8 aromatic rings. The van der Waals surface area contributed by atoms with Crippen molar-refractivity contribution in [3.8, 4) is 16.9 Å². The third-order valence-electron chi connectivity index (χ3n) is 12.4. The Hall–Kier alpha value is -7.34. The number of allylic oxidation sites excluding steroid dienone is 3. The van der Waals surface area contributed by atoms with Gasteiger partial charge in [0.15, 0.2) is 11.5 Å². The Kier molecular flexibility index (Phi) is 9.28. The standard InChI is InChI=1S/C57H42N2O2S/c1-3-18-48-52(4-2)61-53-28-17-16-27-49(53)59(48)43-31-34-54-51(37-43)58(42-23-12-7-13-24-42)50-33-30-39(36-55(50)62-54)38-29-32-47-45(35-38)56(60)44-25-14-15-26-46(44)57(47,40-19-8-5-9-20-40)41-21-10-6-11-22-41/h3,5-37H,4H2,1-2H3/b18-3-. The molecule has 62 heavy (non-hydrogen) atoms. The summed E-state index contributed by atoms with van der Waals surface area (Å²) in [5.74, 6) is 1.83. The highest BCUT2D eigenvalue weighted by molar-refractivity contribution is 7.99. The van der Waals surface area contributed by atoms with Crippen molar-refractivity contribution in [3.05, 3.63) is 251 Å². The minimum atomic E-state index is -0.671. The van der Waals surface area contributed by atoms with Gasteiger partial charge in [0.25, 0.3) is 0 Å². The zero-order chi connectivity index (χ0) is 41.8. The van der Waals surface area contributed by atoms with Crippen molar-refractivity contribution >= 4 is 46.0 Å². The number of rotatable bonds is 7. The first-order valence-corrected chi connectivity index (χ1v) is 22.0. The molecule has 0 aromatic heterocycles. The van der Waals surface area contributed by atoms with Crippen molar-refractivity contribution in [1.29, 1.82) is 0 Å². The Morgan fingerprint density at radius 1 is 0.548 bits per heavy atom. The highest BCUT2D eigenvalue weighted by atomic mass is 32.2. The molecule has 3 aliphatic rings. The summed E-state index contributed by atoms with van der Waals surface area (Å²) in [5, 5.41) is 0. The summed E-state index contributed by atoms with van der Waals surface area (Å²) in [7, 11) is 0. The topological polar surface area (TPSA) is 32.8 Å². The van der Waals surface area contributed by atoms with Crippen LogP contribution in [0.4, 0.5) is 28.4 Å². The molecule has 0 atom stereocenters. The molecule has 0 bridgehead atoms. The van der Waals surface area contributed by atoms with Crippen LogP contribution in [0.3, 0.4) is 0 Å². The third-order valence-corrected chi connectivity index (χ3v) is 13.5. The van der Waals surface area contributed by atoms with E-state index in [1.807, 2.05) is 24.3 Å². The van der Waals surface area contributed by atoms with Gasteiger partial charge < -0.3 is 14.5 Å². The van der Waals surface area contributed by atoms with E-state index in [0.29, 0.717) is 0 Å². The Morgan fingerprint density at radius 2 is 1.19 bits per heavy atom. The lowest BCUT2D eigenvalue weighted by Crippen LogP contribution is -2.38. The van der Waals surface area contributed by atoms with Crippen LogP contribution in [0.15, 0.2) is 228 Å². The van der Waals surface area contributed by atoms with Gasteiger partial charge in [-0.2, -0.15) is 0 Å². The smallest absolute Gasteiger partial charge is 0.193 e. The van der Waals surface area contributed by atoms with Gasteiger partial charge in [-0.15, -0.1) is 0 Å². The second kappa shape index (κ2) is 15.3. The van der Waals surface area contributed by atoms with Gasteiger partial charge in [-0.25, -0.2) is 0 Å². The number of hydrogen-bond donors (Lipinski definition) is 0. The number of fused-ring (bicyclic) bond motifs is 5. The number of nitrogens with zero attached hydrogens (tertiary/aromatic N) is 2. The van der Waals surface area contributed by atoms with Gasteiger partial charge >= 0.3 is 0 Å². The molecule has 5 heteroatoms. The Morgan fingerprint density at radius 3 is 1.94 bits per heavy atom. The summed E-state index contributed by atoms with van der Waals surface area (Å²) < 4.78 is 6.45. The van der Waals surface area contributed by atoms with Crippen molar-refractivity contribution < 1.29 is 9.53 Å². The van der Waals surface area contributed by atoms with E-state index in [0.717, 1.165) is 106 Å². The van der Waals surface area contributed by atoms with Gasteiger partial charge in [0, 0.05) is 38.7 Å². The number of hydrogen-bond acceptors (Lipinski definition) is 5. The van der Waals surface area contributed by atoms with Gasteiger partial charge in [0.05, 0.1) is 28.2 Å². The lowest BCUT2D eigenvalue weighted by Gasteiger charge is -2.41. The van der Waals surface area contributed by atoms with Crippen molar-refractivity contribution in [1.82, 2.24) is 0 Å². The van der Waals surface area contributed by atoms with Gasteiger partial charge in [-0.3, -0.25) is 4.79 Å². The number of benzene rings is 8. The predicted octanol–water partition coefficient (Wildman–Crippen LogP) is 14.9. The maximum Gasteiger partial charge on any atom is 0.193 e. The molecule has 2 heterocycles. The molecule has 1 aliphatic carbocycles. The van der Waals surface area contributed by atoms with Crippen LogP contribution in [0.25, 0.3) is 11.1 Å². The lowest BCUT2D eigenvalue weighted by atomic mass is 9.59. The van der Waals surface area contributed by atoms with Gasteiger partial charge in [-0.05, 0) is 107 Å². The molecule has 2 aliphatic heterocycles. The van der Waals surface area contributed by atoms with Crippen LogP contribution < -0.4 is 14.5 Å². The first-order chi connectivity index (χ1) is 30.6. The Bertz CT molecular complexity index is 3060. The average molecular weight is 819 g/mol. The maximum absolute atomic E-state index is 14.7. The van der Waals surface area contributed by atoms with E-state index in [9.17, 15) is 4.79 Å². The van der Waals surface area contributed by atoms with Crippen LogP contribution in [0, 0.1) is 0 Å². The van der Waals surface area contributed by atoms with E-state index in [2.05, 4.69) is 206 Å². The Balaban J connectivity index is 1.04. The summed E-state index contributed by atoms with van der Waals surface area (Å²) in [6, 6.07) is 68.3. The number of para-hydroxylation sites is 3. The fourth-order valence-corrected chi connectivity index (χ4v) is 10.8. The number of anilines is 5. The van der Waals surface area contributed by atoms with E-state index >= 15 is 0 Å². The summed E-state index contributed by atoms with van der Waals surface area (Å²) in [5.41, 5.74) is 13.5. The summed E-state index contributed by atoms with van der Waals surface area (Å²) in [6.07, 6.45) is 4.99. The van der Waals surface area contributed by atoms with Crippen LogP contribution in [0.2, 0.25) is 0 Å². The molecule has 0 radical (unpaired) electrons. The van der Waals surface area contributed by atoms with Crippen molar-refractivity contribution in [2.75, 3.05) is 9.80 Å². The number of ether oxygens (including phenoxy) is 1. The first-order valence-electron chi connectivity index (χ1n) is 21.2. The van der Waals surface area contributed by atoms with Crippen molar-refractivity contribution in [2.24, 2.45) is 0 Å². The zero-order valence-corrected chi connectivity index (χ0v) is 35.3. The second-order valence-corrected chi connectivity index (χ2v) is 16.9. The SMILES string of the molecule is C/C=C\C1=C(CC)Oc2ccccc2N1c1ccc2c(c1)N(c1ccccc1)c1ccc(-c3ccc4c(c3)C(=O)c3ccccc3C4(c3ccccc3)c3ccccc3)cc1S2. The summed E-state index contributed by atoms with van der Waals surface area (Å²) in [4.78, 5) is 21.7. The molecule has 11 rings (SSSR count). The lowest BCUT2D eigenvalue weighted by molar-refractivity contribution is 0.103. The Labute approximate surface area is 367 Å². The number of carbonyl (C=O) groups is 1. The van der Waals surface area contributed by atoms with Gasteiger partial charge in [-0.1, -0.05) is 158 Å². The fraction of sp³-hybridized carbons (Fsp3) is 0.0702. The quantitative estimate of drug-likeness (QED) is 0.160. The molecular weight excluding hydrogens is 777 g/mol. The summed E-state index contributed by atoms with van der Waals surface area (Å²) in [6.45, 7) is 4.19. The van der Waals surface area contributed by atoms with Crippen LogP contribution >= 0.6 is 11.8 Å².